The van der Waals surface area contributed by atoms with E-state index in [0.717, 1.165) is 18.4 Å². The van der Waals surface area contributed by atoms with E-state index in [1.165, 1.54) is 20.9 Å². The van der Waals surface area contributed by atoms with Crippen molar-refractivity contribution in [3.05, 3.63) is 64.8 Å². The van der Waals surface area contributed by atoms with Gasteiger partial charge in [-0.05, 0) is 43.0 Å². The Balaban J connectivity index is 1.68. The van der Waals surface area contributed by atoms with Gasteiger partial charge in [0.25, 0.3) is 0 Å². The number of para-hydroxylation sites is 1. The van der Waals surface area contributed by atoms with Gasteiger partial charge in [-0.3, -0.25) is 0 Å². The van der Waals surface area contributed by atoms with Crippen LogP contribution in [0, 0.1) is 0 Å². The van der Waals surface area contributed by atoms with Crippen molar-refractivity contribution in [1.82, 2.24) is 9.29 Å². The maximum atomic E-state index is 13.0. The van der Waals surface area contributed by atoms with Gasteiger partial charge in [-0.25, -0.2) is 8.42 Å². The highest BCUT2D eigenvalue weighted by Gasteiger charge is 2.33. The Morgan fingerprint density at radius 1 is 1.12 bits per heavy atom. The van der Waals surface area contributed by atoms with Gasteiger partial charge in [-0.15, -0.1) is 0 Å². The summed E-state index contributed by atoms with van der Waals surface area (Å²) in [6.07, 6.45) is 2.34. The van der Waals surface area contributed by atoms with Gasteiger partial charge in [-0.1, -0.05) is 41.9 Å². The van der Waals surface area contributed by atoms with Gasteiger partial charge in [0.2, 0.25) is 10.0 Å². The molecule has 0 amide bonds. The number of sulfonamides is 1. The first kappa shape index (κ1) is 16.6. The van der Waals surface area contributed by atoms with Gasteiger partial charge >= 0.3 is 0 Å². The second kappa shape index (κ2) is 6.16. The Labute approximate surface area is 152 Å². The van der Waals surface area contributed by atoms with Crippen molar-refractivity contribution < 1.29 is 8.42 Å². The third-order valence-electron chi connectivity index (χ3n) is 5.08. The number of likely N-dealkylation sites (N-methyl/N-ethyl adjacent to an activating group) is 1. The summed E-state index contributed by atoms with van der Waals surface area (Å²) in [6.45, 7) is 0. The Morgan fingerprint density at radius 3 is 2.64 bits per heavy atom. The minimum absolute atomic E-state index is 0.0759. The summed E-state index contributed by atoms with van der Waals surface area (Å²) >= 11 is 6.12. The van der Waals surface area contributed by atoms with E-state index in [9.17, 15) is 8.42 Å². The SMILES string of the molecule is CN(C1CCc2[nH]c3ccccc3c2C1)S(=O)(=O)c1ccccc1Cl. The lowest BCUT2D eigenvalue weighted by Gasteiger charge is -2.31. The number of H-pyrrole nitrogens is 1. The number of nitrogens with zero attached hydrogens (tertiary/aromatic N) is 1. The molecule has 1 N–H and O–H groups in total. The van der Waals surface area contributed by atoms with Crippen molar-refractivity contribution in [1.29, 1.82) is 0 Å². The van der Waals surface area contributed by atoms with Crippen molar-refractivity contribution in [2.45, 2.75) is 30.2 Å². The van der Waals surface area contributed by atoms with Crippen LogP contribution in [0.2, 0.25) is 5.02 Å². The second-order valence-electron chi connectivity index (χ2n) is 6.48. The normalized spacial score (nSPS) is 17.8. The van der Waals surface area contributed by atoms with E-state index in [1.807, 2.05) is 12.1 Å². The van der Waals surface area contributed by atoms with E-state index in [1.54, 1.807) is 31.3 Å². The fourth-order valence-electron chi connectivity index (χ4n) is 3.67. The summed E-state index contributed by atoms with van der Waals surface area (Å²) in [6, 6.07) is 14.7. The number of aromatic amines is 1. The minimum Gasteiger partial charge on any atom is -0.358 e. The van der Waals surface area contributed by atoms with Gasteiger partial charge in [-0.2, -0.15) is 4.31 Å². The molecule has 0 fully saturated rings. The number of nitrogens with one attached hydrogen (secondary N) is 1. The van der Waals surface area contributed by atoms with Crippen LogP contribution in [0.1, 0.15) is 17.7 Å². The fraction of sp³-hybridized carbons (Fsp3) is 0.263. The first-order chi connectivity index (χ1) is 12.0. The van der Waals surface area contributed by atoms with Gasteiger partial charge in [0.05, 0.1) is 5.02 Å². The summed E-state index contributed by atoms with van der Waals surface area (Å²) in [5.41, 5.74) is 3.57. The molecule has 0 bridgehead atoms. The molecule has 25 heavy (non-hydrogen) atoms. The molecule has 1 atom stereocenters. The van der Waals surface area contributed by atoms with Gasteiger partial charge in [0.1, 0.15) is 4.90 Å². The first-order valence-corrected chi connectivity index (χ1v) is 10.1. The number of aryl methyl sites for hydroxylation is 1. The largest absolute Gasteiger partial charge is 0.358 e. The second-order valence-corrected chi connectivity index (χ2v) is 8.85. The van der Waals surface area contributed by atoms with E-state index in [2.05, 4.69) is 17.1 Å². The number of aromatic nitrogens is 1. The standard InChI is InChI=1S/C19H19ClN2O2S/c1-22(25(23,24)19-9-5-3-7-16(19)20)13-10-11-18-15(12-13)14-6-2-4-8-17(14)21-18/h2-9,13,21H,10-12H2,1H3. The molecule has 0 aliphatic heterocycles. The van der Waals surface area contributed by atoms with Crippen molar-refractivity contribution >= 4 is 32.5 Å². The monoisotopic (exact) mass is 374 g/mol. The Hall–Kier alpha value is -1.82. The molecule has 0 radical (unpaired) electrons. The number of benzene rings is 2. The molecule has 1 aliphatic rings. The fourth-order valence-corrected chi connectivity index (χ4v) is 5.54. The molecule has 3 aromatic rings. The van der Waals surface area contributed by atoms with Crippen LogP contribution in [-0.4, -0.2) is 30.8 Å². The quantitative estimate of drug-likeness (QED) is 0.753. The minimum atomic E-state index is -3.62. The predicted molar refractivity (Wildman–Crippen MR) is 101 cm³/mol. The number of hydrogen-bond acceptors (Lipinski definition) is 2. The maximum Gasteiger partial charge on any atom is 0.244 e. The Morgan fingerprint density at radius 2 is 1.84 bits per heavy atom. The molecular weight excluding hydrogens is 356 g/mol. The molecule has 1 heterocycles. The first-order valence-electron chi connectivity index (χ1n) is 8.29. The summed E-state index contributed by atoms with van der Waals surface area (Å²) < 4.78 is 27.5. The van der Waals surface area contributed by atoms with E-state index < -0.39 is 10.0 Å². The molecule has 2 aromatic carbocycles. The molecule has 1 aliphatic carbocycles. The van der Waals surface area contributed by atoms with Crippen LogP contribution in [0.5, 0.6) is 0 Å². The third-order valence-corrected chi connectivity index (χ3v) is 7.49. The molecule has 1 unspecified atom stereocenters. The van der Waals surface area contributed by atoms with Crippen LogP contribution < -0.4 is 0 Å². The summed E-state index contributed by atoms with van der Waals surface area (Å²) in [7, 11) is -1.96. The van der Waals surface area contributed by atoms with Crippen LogP contribution in [-0.2, 0) is 22.9 Å². The molecule has 4 rings (SSSR count). The van der Waals surface area contributed by atoms with Crippen LogP contribution in [0.15, 0.2) is 53.4 Å². The van der Waals surface area contributed by atoms with Gasteiger partial charge in [0, 0.05) is 29.7 Å². The van der Waals surface area contributed by atoms with Crippen molar-refractivity contribution in [2.75, 3.05) is 7.05 Å². The summed E-state index contributed by atoms with van der Waals surface area (Å²) in [5, 5.41) is 1.45. The highest BCUT2D eigenvalue weighted by Crippen LogP contribution is 2.33. The summed E-state index contributed by atoms with van der Waals surface area (Å²) in [5.74, 6) is 0. The average molecular weight is 375 g/mol. The molecule has 1 aromatic heterocycles. The predicted octanol–water partition coefficient (Wildman–Crippen LogP) is 4.00. The molecule has 130 valence electrons. The highest BCUT2D eigenvalue weighted by molar-refractivity contribution is 7.89. The molecular formula is C19H19ClN2O2S. The molecule has 6 heteroatoms. The number of halogens is 1. The van der Waals surface area contributed by atoms with Gasteiger partial charge in [0.15, 0.2) is 0 Å². The number of fused-ring (bicyclic) bond motifs is 3. The van der Waals surface area contributed by atoms with Crippen molar-refractivity contribution in [3.63, 3.8) is 0 Å². The van der Waals surface area contributed by atoms with E-state index in [4.69, 9.17) is 11.6 Å². The molecule has 0 saturated carbocycles. The molecule has 0 spiro atoms. The van der Waals surface area contributed by atoms with E-state index >= 15 is 0 Å². The smallest absolute Gasteiger partial charge is 0.244 e. The third kappa shape index (κ3) is 2.76. The van der Waals surface area contributed by atoms with Crippen molar-refractivity contribution in [3.8, 4) is 0 Å². The van der Waals surface area contributed by atoms with Crippen LogP contribution in [0.3, 0.4) is 0 Å². The lowest BCUT2D eigenvalue weighted by molar-refractivity contribution is 0.336. The zero-order valence-electron chi connectivity index (χ0n) is 13.9. The van der Waals surface area contributed by atoms with Crippen molar-refractivity contribution in [2.24, 2.45) is 0 Å². The average Bonchev–Trinajstić information content (AvgIpc) is 2.99. The lowest BCUT2D eigenvalue weighted by atomic mass is 9.91. The summed E-state index contributed by atoms with van der Waals surface area (Å²) in [4.78, 5) is 3.64. The number of rotatable bonds is 3. The van der Waals surface area contributed by atoms with Crippen LogP contribution >= 0.6 is 11.6 Å². The maximum absolute atomic E-state index is 13.0. The molecule has 0 saturated heterocycles. The Kier molecular flexibility index (Phi) is 4.10. The number of hydrogen-bond donors (Lipinski definition) is 1. The highest BCUT2D eigenvalue weighted by atomic mass is 35.5. The van der Waals surface area contributed by atoms with Gasteiger partial charge < -0.3 is 4.98 Å². The zero-order chi connectivity index (χ0) is 17.6. The van der Waals surface area contributed by atoms with Crippen LogP contribution in [0.4, 0.5) is 0 Å². The van der Waals surface area contributed by atoms with E-state index in [-0.39, 0.29) is 16.0 Å². The van der Waals surface area contributed by atoms with E-state index in [0.29, 0.717) is 6.42 Å². The zero-order valence-corrected chi connectivity index (χ0v) is 15.4. The lowest BCUT2D eigenvalue weighted by Crippen LogP contribution is -2.40. The molecule has 4 nitrogen and oxygen atoms in total. The topological polar surface area (TPSA) is 53.2 Å². The Bertz CT molecular complexity index is 1040. The van der Waals surface area contributed by atoms with Crippen LogP contribution in [0.25, 0.3) is 10.9 Å².